The van der Waals surface area contributed by atoms with Crippen LogP contribution < -0.4 is 5.32 Å². The molecule has 0 aromatic carbocycles. The summed E-state index contributed by atoms with van der Waals surface area (Å²) in [5.74, 6) is 2.83. The first-order valence-corrected chi connectivity index (χ1v) is 7.68. The number of nitrogens with zero attached hydrogens (tertiary/aromatic N) is 2. The molecule has 0 radical (unpaired) electrons. The highest BCUT2D eigenvalue weighted by molar-refractivity contribution is 5.02. The first-order valence-electron chi connectivity index (χ1n) is 7.68. The average molecular weight is 263 g/mol. The molecule has 2 aliphatic rings. The average Bonchev–Trinajstić information content (AvgIpc) is 2.89. The lowest BCUT2D eigenvalue weighted by atomic mass is 9.73. The van der Waals surface area contributed by atoms with E-state index in [1.54, 1.807) is 0 Å². The minimum atomic E-state index is 0.475. The van der Waals surface area contributed by atoms with Crippen molar-refractivity contribution in [2.24, 2.45) is 5.41 Å². The van der Waals surface area contributed by atoms with Crippen LogP contribution in [0.5, 0.6) is 0 Å². The quantitative estimate of drug-likeness (QED) is 0.890. The summed E-state index contributed by atoms with van der Waals surface area (Å²) in [6, 6.07) is 0. The van der Waals surface area contributed by atoms with Crippen LogP contribution in [0.25, 0.3) is 0 Å². The molecule has 0 amide bonds. The van der Waals surface area contributed by atoms with E-state index in [1.807, 2.05) is 0 Å². The summed E-state index contributed by atoms with van der Waals surface area (Å²) in [6.07, 6.45) is 7.21. The fraction of sp³-hybridized carbons (Fsp3) is 0.867. The number of hydrogen-bond acceptors (Lipinski definition) is 4. The van der Waals surface area contributed by atoms with E-state index in [4.69, 9.17) is 9.51 Å². The molecule has 2 fully saturated rings. The zero-order valence-electron chi connectivity index (χ0n) is 12.1. The maximum Gasteiger partial charge on any atom is 0.229 e. The zero-order chi connectivity index (χ0) is 13.3. The second kappa shape index (κ2) is 5.23. The Kier molecular flexibility index (Phi) is 3.61. The summed E-state index contributed by atoms with van der Waals surface area (Å²) in [7, 11) is 0. The number of rotatable bonds is 2. The molecule has 1 saturated heterocycles. The van der Waals surface area contributed by atoms with Crippen LogP contribution in [-0.2, 0) is 0 Å². The SMILES string of the molecule is CC1(C)CCC(c2noc(C3CCNCC3)n2)CC1. The predicted octanol–water partition coefficient (Wildman–Crippen LogP) is 3.22. The molecule has 19 heavy (non-hydrogen) atoms. The number of hydrogen-bond donors (Lipinski definition) is 1. The van der Waals surface area contributed by atoms with E-state index in [1.165, 1.54) is 25.7 Å². The predicted molar refractivity (Wildman–Crippen MR) is 74.1 cm³/mol. The molecule has 1 saturated carbocycles. The van der Waals surface area contributed by atoms with Crippen molar-refractivity contribution in [3.05, 3.63) is 11.7 Å². The van der Waals surface area contributed by atoms with Crippen molar-refractivity contribution in [2.45, 2.75) is 64.2 Å². The molecule has 1 aliphatic carbocycles. The Morgan fingerprint density at radius 3 is 2.42 bits per heavy atom. The summed E-state index contributed by atoms with van der Waals surface area (Å²) in [5, 5.41) is 7.63. The molecule has 0 unspecified atom stereocenters. The van der Waals surface area contributed by atoms with Crippen molar-refractivity contribution in [3.63, 3.8) is 0 Å². The third kappa shape index (κ3) is 2.99. The van der Waals surface area contributed by atoms with E-state index >= 15 is 0 Å². The lowest BCUT2D eigenvalue weighted by Crippen LogP contribution is -2.26. The Hall–Kier alpha value is -0.900. The van der Waals surface area contributed by atoms with Crippen LogP contribution in [0.2, 0.25) is 0 Å². The highest BCUT2D eigenvalue weighted by atomic mass is 16.5. The van der Waals surface area contributed by atoms with Gasteiger partial charge in [-0.25, -0.2) is 0 Å². The van der Waals surface area contributed by atoms with Crippen LogP contribution in [-0.4, -0.2) is 23.2 Å². The van der Waals surface area contributed by atoms with Crippen LogP contribution in [0.1, 0.15) is 75.9 Å². The Bertz CT molecular complexity index is 411. The molecule has 1 aromatic heterocycles. The molecule has 0 spiro atoms. The molecule has 0 bridgehead atoms. The molecule has 106 valence electrons. The minimum absolute atomic E-state index is 0.475. The summed E-state index contributed by atoms with van der Waals surface area (Å²) < 4.78 is 5.52. The Morgan fingerprint density at radius 2 is 1.74 bits per heavy atom. The van der Waals surface area contributed by atoms with Gasteiger partial charge >= 0.3 is 0 Å². The maximum atomic E-state index is 5.52. The van der Waals surface area contributed by atoms with E-state index in [0.717, 1.165) is 37.6 Å². The van der Waals surface area contributed by atoms with Gasteiger partial charge in [-0.3, -0.25) is 0 Å². The monoisotopic (exact) mass is 263 g/mol. The highest BCUT2D eigenvalue weighted by Crippen LogP contribution is 2.41. The smallest absolute Gasteiger partial charge is 0.229 e. The van der Waals surface area contributed by atoms with Gasteiger partial charge in [-0.2, -0.15) is 4.98 Å². The number of nitrogens with one attached hydrogen (secondary N) is 1. The molecule has 0 atom stereocenters. The van der Waals surface area contributed by atoms with Crippen LogP contribution in [0.15, 0.2) is 4.52 Å². The summed E-state index contributed by atoms with van der Waals surface area (Å²) in [6.45, 7) is 6.86. The van der Waals surface area contributed by atoms with Gasteiger partial charge in [-0.15, -0.1) is 0 Å². The molecular formula is C15H25N3O. The fourth-order valence-corrected chi connectivity index (χ4v) is 3.31. The van der Waals surface area contributed by atoms with Crippen molar-refractivity contribution < 1.29 is 4.52 Å². The topological polar surface area (TPSA) is 51.0 Å². The Balaban J connectivity index is 1.64. The van der Waals surface area contributed by atoms with Crippen LogP contribution in [0, 0.1) is 5.41 Å². The van der Waals surface area contributed by atoms with E-state index < -0.39 is 0 Å². The molecule has 2 heterocycles. The van der Waals surface area contributed by atoms with E-state index in [-0.39, 0.29) is 0 Å². The molecule has 3 rings (SSSR count). The van der Waals surface area contributed by atoms with E-state index in [9.17, 15) is 0 Å². The van der Waals surface area contributed by atoms with Crippen LogP contribution in [0.3, 0.4) is 0 Å². The second-order valence-corrected chi connectivity index (χ2v) is 6.95. The van der Waals surface area contributed by atoms with Gasteiger partial charge in [0.05, 0.1) is 0 Å². The maximum absolute atomic E-state index is 5.52. The van der Waals surface area contributed by atoms with E-state index in [2.05, 4.69) is 24.3 Å². The van der Waals surface area contributed by atoms with Gasteiger partial charge in [0.25, 0.3) is 0 Å². The highest BCUT2D eigenvalue weighted by Gasteiger charge is 2.31. The second-order valence-electron chi connectivity index (χ2n) is 6.95. The molecule has 1 N–H and O–H groups in total. The third-order valence-corrected chi connectivity index (χ3v) is 4.85. The van der Waals surface area contributed by atoms with Gasteiger partial charge < -0.3 is 9.84 Å². The Labute approximate surface area is 115 Å². The van der Waals surface area contributed by atoms with Crippen molar-refractivity contribution in [1.29, 1.82) is 0 Å². The molecule has 1 aliphatic heterocycles. The van der Waals surface area contributed by atoms with Gasteiger partial charge in [0, 0.05) is 11.8 Å². The molecular weight excluding hydrogens is 238 g/mol. The lowest BCUT2D eigenvalue weighted by Gasteiger charge is -2.32. The van der Waals surface area contributed by atoms with Crippen LogP contribution in [0.4, 0.5) is 0 Å². The molecule has 4 heteroatoms. The van der Waals surface area contributed by atoms with E-state index in [0.29, 0.717) is 17.3 Å². The Morgan fingerprint density at radius 1 is 1.05 bits per heavy atom. The van der Waals surface area contributed by atoms with Gasteiger partial charge in [0.1, 0.15) is 0 Å². The third-order valence-electron chi connectivity index (χ3n) is 4.85. The minimum Gasteiger partial charge on any atom is -0.339 e. The van der Waals surface area contributed by atoms with Crippen molar-refractivity contribution in [2.75, 3.05) is 13.1 Å². The molecule has 4 nitrogen and oxygen atoms in total. The van der Waals surface area contributed by atoms with Gasteiger partial charge in [-0.1, -0.05) is 19.0 Å². The summed E-state index contributed by atoms with van der Waals surface area (Å²) in [5.41, 5.74) is 0.498. The first kappa shape index (κ1) is 13.1. The van der Waals surface area contributed by atoms with Gasteiger partial charge in [0.15, 0.2) is 5.82 Å². The number of aromatic nitrogens is 2. The fourth-order valence-electron chi connectivity index (χ4n) is 3.31. The van der Waals surface area contributed by atoms with Gasteiger partial charge in [-0.05, 0) is 57.0 Å². The first-order chi connectivity index (χ1) is 9.14. The summed E-state index contributed by atoms with van der Waals surface area (Å²) in [4.78, 5) is 4.70. The van der Waals surface area contributed by atoms with Crippen molar-refractivity contribution in [1.82, 2.24) is 15.5 Å². The van der Waals surface area contributed by atoms with Crippen molar-refractivity contribution >= 4 is 0 Å². The molecule has 1 aromatic rings. The van der Waals surface area contributed by atoms with Gasteiger partial charge in [0.2, 0.25) is 5.89 Å². The zero-order valence-corrected chi connectivity index (χ0v) is 12.1. The lowest BCUT2D eigenvalue weighted by molar-refractivity contribution is 0.218. The van der Waals surface area contributed by atoms with Crippen molar-refractivity contribution in [3.8, 4) is 0 Å². The summed E-state index contributed by atoms with van der Waals surface area (Å²) >= 11 is 0. The standard InChI is InChI=1S/C15H25N3O/c1-15(2)7-3-11(4-8-15)13-17-14(19-18-13)12-5-9-16-10-6-12/h11-12,16H,3-10H2,1-2H3. The largest absolute Gasteiger partial charge is 0.339 e. The number of piperidine rings is 1. The van der Waals surface area contributed by atoms with Crippen LogP contribution >= 0.6 is 0 Å². The normalized spacial score (nSPS) is 25.6.